The summed E-state index contributed by atoms with van der Waals surface area (Å²) in [6.07, 6.45) is 1.48. The summed E-state index contributed by atoms with van der Waals surface area (Å²) in [5.41, 5.74) is 1.17. The van der Waals surface area contributed by atoms with Crippen molar-refractivity contribution in [3.63, 3.8) is 0 Å². The third kappa shape index (κ3) is 5.93. The number of methoxy groups -OCH3 is 2. The summed E-state index contributed by atoms with van der Waals surface area (Å²) in [5.74, 6) is -0.335. The highest BCUT2D eigenvalue weighted by molar-refractivity contribution is 9.10. The minimum Gasteiger partial charge on any atom is -0.493 e. The SMILES string of the molecule is COC(=O)c1ccc(CN2C(=O)N/C(=C/c3cc(Br)cc(OC)c3OCc3ccc(Cl)cc3Cl)C2=O)o1. The van der Waals surface area contributed by atoms with Gasteiger partial charge >= 0.3 is 12.0 Å². The van der Waals surface area contributed by atoms with Gasteiger partial charge in [0.05, 0.1) is 20.8 Å². The average molecular weight is 610 g/mol. The van der Waals surface area contributed by atoms with Crippen molar-refractivity contribution in [1.82, 2.24) is 10.2 Å². The third-order valence-electron chi connectivity index (χ3n) is 5.28. The van der Waals surface area contributed by atoms with E-state index in [2.05, 4.69) is 26.0 Å². The zero-order chi connectivity index (χ0) is 26.7. The van der Waals surface area contributed by atoms with Gasteiger partial charge in [0.15, 0.2) is 11.5 Å². The molecule has 0 saturated carbocycles. The number of carbonyl (C=O) groups is 3. The van der Waals surface area contributed by atoms with E-state index >= 15 is 0 Å². The molecular formula is C25H19BrCl2N2O7. The number of urea groups is 1. The normalized spacial score (nSPS) is 14.2. The molecular weight excluding hydrogens is 591 g/mol. The molecule has 1 aliphatic rings. The van der Waals surface area contributed by atoms with Gasteiger partial charge in [-0.2, -0.15) is 0 Å². The van der Waals surface area contributed by atoms with E-state index in [0.717, 1.165) is 4.90 Å². The van der Waals surface area contributed by atoms with Crippen LogP contribution in [0.25, 0.3) is 6.08 Å². The Bertz CT molecular complexity index is 1420. The van der Waals surface area contributed by atoms with Crippen molar-refractivity contribution in [3.8, 4) is 11.5 Å². The molecule has 0 bridgehead atoms. The number of ether oxygens (including phenoxy) is 3. The zero-order valence-corrected chi connectivity index (χ0v) is 22.6. The summed E-state index contributed by atoms with van der Waals surface area (Å²) in [7, 11) is 2.70. The molecule has 0 atom stereocenters. The second-order valence-corrected chi connectivity index (χ2v) is 9.45. The molecule has 3 aromatic rings. The number of furan rings is 1. The van der Waals surface area contributed by atoms with Crippen LogP contribution in [0.1, 0.15) is 27.4 Å². The number of benzene rings is 2. The topological polar surface area (TPSA) is 107 Å². The molecule has 2 aromatic carbocycles. The van der Waals surface area contributed by atoms with E-state index in [9.17, 15) is 14.4 Å². The number of amides is 3. The minimum atomic E-state index is -0.667. The van der Waals surface area contributed by atoms with Crippen LogP contribution in [0, 0.1) is 0 Å². The van der Waals surface area contributed by atoms with Gasteiger partial charge in [-0.15, -0.1) is 0 Å². The van der Waals surface area contributed by atoms with E-state index in [1.807, 2.05) is 0 Å². The third-order valence-corrected chi connectivity index (χ3v) is 6.32. The van der Waals surface area contributed by atoms with E-state index in [4.69, 9.17) is 37.1 Å². The van der Waals surface area contributed by atoms with Crippen molar-refractivity contribution >= 4 is 63.1 Å². The Morgan fingerprint density at radius 1 is 1.14 bits per heavy atom. The van der Waals surface area contributed by atoms with Crippen LogP contribution in [0.4, 0.5) is 4.79 Å². The molecule has 1 fully saturated rings. The van der Waals surface area contributed by atoms with Crippen LogP contribution in [0.5, 0.6) is 11.5 Å². The van der Waals surface area contributed by atoms with Crippen LogP contribution >= 0.6 is 39.1 Å². The van der Waals surface area contributed by atoms with Crippen LogP contribution in [-0.4, -0.2) is 37.0 Å². The maximum atomic E-state index is 13.1. The first-order valence-corrected chi connectivity index (χ1v) is 12.2. The molecule has 192 valence electrons. The van der Waals surface area contributed by atoms with Gasteiger partial charge in [0, 0.05) is 25.6 Å². The minimum absolute atomic E-state index is 0.0132. The number of imide groups is 1. The van der Waals surface area contributed by atoms with Gasteiger partial charge in [-0.3, -0.25) is 9.69 Å². The van der Waals surface area contributed by atoms with Gasteiger partial charge in [-0.1, -0.05) is 45.2 Å². The van der Waals surface area contributed by atoms with E-state index < -0.39 is 17.9 Å². The number of halogens is 3. The van der Waals surface area contributed by atoms with Gasteiger partial charge in [-0.05, 0) is 42.5 Å². The lowest BCUT2D eigenvalue weighted by Gasteiger charge is -2.15. The summed E-state index contributed by atoms with van der Waals surface area (Å²) in [5, 5.41) is 3.49. The summed E-state index contributed by atoms with van der Waals surface area (Å²) in [6, 6.07) is 10.7. The number of esters is 1. The van der Waals surface area contributed by atoms with Crippen molar-refractivity contribution in [2.45, 2.75) is 13.2 Å². The molecule has 0 aliphatic carbocycles. The predicted octanol–water partition coefficient (Wildman–Crippen LogP) is 5.82. The van der Waals surface area contributed by atoms with Gasteiger partial charge in [0.1, 0.15) is 18.1 Å². The first-order chi connectivity index (χ1) is 17.7. The lowest BCUT2D eigenvalue weighted by molar-refractivity contribution is -0.123. The van der Waals surface area contributed by atoms with Crippen molar-refractivity contribution in [2.75, 3.05) is 14.2 Å². The molecule has 1 aromatic heterocycles. The maximum absolute atomic E-state index is 13.1. The highest BCUT2D eigenvalue weighted by atomic mass is 79.9. The molecule has 0 spiro atoms. The Morgan fingerprint density at radius 3 is 2.62 bits per heavy atom. The lowest BCUT2D eigenvalue weighted by Crippen LogP contribution is -2.30. The Hall–Kier alpha value is -3.47. The van der Waals surface area contributed by atoms with Crippen LogP contribution < -0.4 is 14.8 Å². The molecule has 1 N–H and O–H groups in total. The summed E-state index contributed by atoms with van der Waals surface area (Å²) in [6.45, 7) is -0.0865. The number of hydrogen-bond acceptors (Lipinski definition) is 7. The largest absolute Gasteiger partial charge is 0.493 e. The predicted molar refractivity (Wildman–Crippen MR) is 139 cm³/mol. The molecule has 0 radical (unpaired) electrons. The Kier molecular flexibility index (Phi) is 8.11. The van der Waals surface area contributed by atoms with Crippen LogP contribution in [0.15, 0.2) is 57.1 Å². The molecule has 1 saturated heterocycles. The molecule has 3 amide bonds. The van der Waals surface area contributed by atoms with Crippen LogP contribution in [-0.2, 0) is 22.7 Å². The quantitative estimate of drug-likeness (QED) is 0.195. The first kappa shape index (κ1) is 26.6. The molecule has 37 heavy (non-hydrogen) atoms. The second-order valence-electron chi connectivity index (χ2n) is 7.69. The Morgan fingerprint density at radius 2 is 1.92 bits per heavy atom. The molecule has 9 nitrogen and oxygen atoms in total. The standard InChI is InChI=1S/C25H19BrCl2N2O7/c1-34-21-9-15(26)7-14(22(21)36-12-13-3-4-16(27)10-18(13)28)8-19-23(31)30(25(33)29-19)11-17-5-6-20(37-17)24(32)35-2/h3-10H,11-12H2,1-2H3,(H,29,33)/b19-8+. The number of rotatable bonds is 8. The van der Waals surface area contributed by atoms with Gasteiger partial charge in [0.2, 0.25) is 5.76 Å². The highest BCUT2D eigenvalue weighted by Gasteiger charge is 2.35. The number of carbonyl (C=O) groups excluding carboxylic acids is 3. The fourth-order valence-electron chi connectivity index (χ4n) is 3.49. The smallest absolute Gasteiger partial charge is 0.373 e. The summed E-state index contributed by atoms with van der Waals surface area (Å²) in [4.78, 5) is 38.2. The van der Waals surface area contributed by atoms with Gasteiger partial charge in [-0.25, -0.2) is 9.59 Å². The maximum Gasteiger partial charge on any atom is 0.373 e. The fourth-order valence-corrected chi connectivity index (χ4v) is 4.41. The molecule has 1 aliphatic heterocycles. The number of nitrogens with zero attached hydrogens (tertiary/aromatic N) is 1. The van der Waals surface area contributed by atoms with Gasteiger partial charge in [0.25, 0.3) is 5.91 Å². The van der Waals surface area contributed by atoms with Gasteiger partial charge < -0.3 is 23.9 Å². The molecule has 2 heterocycles. The van der Waals surface area contributed by atoms with E-state index in [1.54, 1.807) is 30.3 Å². The van der Waals surface area contributed by atoms with E-state index in [0.29, 0.717) is 37.1 Å². The fraction of sp³-hybridized carbons (Fsp3) is 0.160. The van der Waals surface area contributed by atoms with Crippen molar-refractivity contribution in [2.24, 2.45) is 0 Å². The van der Waals surface area contributed by atoms with Crippen molar-refractivity contribution in [3.05, 3.63) is 85.3 Å². The number of hydrogen-bond donors (Lipinski definition) is 1. The van der Waals surface area contributed by atoms with Crippen LogP contribution in [0.3, 0.4) is 0 Å². The first-order valence-electron chi connectivity index (χ1n) is 10.7. The van der Waals surface area contributed by atoms with Crippen molar-refractivity contribution < 1.29 is 33.0 Å². The zero-order valence-electron chi connectivity index (χ0n) is 19.5. The van der Waals surface area contributed by atoms with E-state index in [-0.39, 0.29) is 30.4 Å². The Labute approximate surface area is 230 Å². The second kappa shape index (κ2) is 11.3. The Balaban J connectivity index is 1.60. The monoisotopic (exact) mass is 608 g/mol. The summed E-state index contributed by atoms with van der Waals surface area (Å²) >= 11 is 15.7. The van der Waals surface area contributed by atoms with E-state index in [1.165, 1.54) is 32.4 Å². The van der Waals surface area contributed by atoms with Crippen molar-refractivity contribution in [1.29, 1.82) is 0 Å². The lowest BCUT2D eigenvalue weighted by atomic mass is 10.1. The molecule has 4 rings (SSSR count). The van der Waals surface area contributed by atoms with Crippen LogP contribution in [0.2, 0.25) is 10.0 Å². The molecule has 12 heteroatoms. The number of nitrogens with one attached hydrogen (secondary N) is 1. The molecule has 0 unspecified atom stereocenters. The summed E-state index contributed by atoms with van der Waals surface area (Å²) < 4.78 is 22.2. The highest BCUT2D eigenvalue weighted by Crippen LogP contribution is 2.37. The average Bonchev–Trinajstić information content (AvgIpc) is 3.44.